The van der Waals surface area contributed by atoms with Crippen LogP contribution < -0.4 is 5.32 Å². The molecule has 1 fully saturated rings. The van der Waals surface area contributed by atoms with Gasteiger partial charge >= 0.3 is 0 Å². The Kier molecular flexibility index (Phi) is 6.24. The molecule has 1 aliphatic rings. The van der Waals surface area contributed by atoms with Crippen molar-refractivity contribution in [1.82, 2.24) is 10.2 Å². The monoisotopic (exact) mass is 358 g/mol. The van der Waals surface area contributed by atoms with E-state index in [1.165, 1.54) is 0 Å². The summed E-state index contributed by atoms with van der Waals surface area (Å²) < 4.78 is 0. The van der Waals surface area contributed by atoms with Crippen LogP contribution in [0.1, 0.15) is 28.1 Å². The Bertz CT molecular complexity index is 699. The maximum atomic E-state index is 12.7. The highest BCUT2D eigenvalue weighted by atomic mass is 32.1. The number of aliphatic hydroxyl groups is 1. The van der Waals surface area contributed by atoms with Crippen molar-refractivity contribution in [3.8, 4) is 11.1 Å². The molecule has 2 N–H and O–H groups in total. The number of amides is 1. The van der Waals surface area contributed by atoms with E-state index in [1.807, 2.05) is 23.6 Å². The molecule has 25 heavy (non-hydrogen) atoms. The van der Waals surface area contributed by atoms with E-state index in [4.69, 9.17) is 0 Å². The highest BCUT2D eigenvalue weighted by molar-refractivity contribution is 7.10. The van der Waals surface area contributed by atoms with Gasteiger partial charge in [-0.2, -0.15) is 0 Å². The first kappa shape index (κ1) is 18.1. The number of hydrogen-bond acceptors (Lipinski definition) is 4. The zero-order valence-electron chi connectivity index (χ0n) is 14.7. The van der Waals surface area contributed by atoms with Gasteiger partial charge in [0, 0.05) is 42.1 Å². The third-order valence-electron chi connectivity index (χ3n) is 4.86. The summed E-state index contributed by atoms with van der Waals surface area (Å²) in [5.74, 6) is 0.382. The number of nitrogens with zero attached hydrogens (tertiary/aromatic N) is 1. The molecule has 0 aliphatic carbocycles. The fraction of sp³-hybridized carbons (Fsp3) is 0.450. The van der Waals surface area contributed by atoms with E-state index in [0.717, 1.165) is 54.0 Å². The van der Waals surface area contributed by atoms with Crippen LogP contribution in [0.2, 0.25) is 0 Å². The van der Waals surface area contributed by atoms with Gasteiger partial charge in [0.2, 0.25) is 0 Å². The SMILES string of the molecule is Cc1scc(C(=O)NCCN2CCCC(CO)C2)c1-c1ccccc1. The van der Waals surface area contributed by atoms with Crippen LogP contribution in [0.4, 0.5) is 0 Å². The highest BCUT2D eigenvalue weighted by Crippen LogP contribution is 2.32. The largest absolute Gasteiger partial charge is 0.396 e. The average Bonchev–Trinajstić information content (AvgIpc) is 3.04. The average molecular weight is 359 g/mol. The molecule has 0 bridgehead atoms. The number of carbonyl (C=O) groups is 1. The molecule has 4 nitrogen and oxygen atoms in total. The number of aryl methyl sites for hydroxylation is 1. The molecular weight excluding hydrogens is 332 g/mol. The fourth-order valence-electron chi connectivity index (χ4n) is 3.51. The second-order valence-electron chi connectivity index (χ2n) is 6.69. The lowest BCUT2D eigenvalue weighted by molar-refractivity contribution is 0.0931. The summed E-state index contributed by atoms with van der Waals surface area (Å²) in [5, 5.41) is 14.3. The summed E-state index contributed by atoms with van der Waals surface area (Å²) in [5.41, 5.74) is 2.90. The first-order valence-corrected chi connectivity index (χ1v) is 9.82. The van der Waals surface area contributed by atoms with Gasteiger partial charge in [0.1, 0.15) is 0 Å². The summed E-state index contributed by atoms with van der Waals surface area (Å²) in [6.45, 7) is 5.79. The van der Waals surface area contributed by atoms with Gasteiger partial charge < -0.3 is 15.3 Å². The van der Waals surface area contributed by atoms with Gasteiger partial charge in [-0.05, 0) is 37.8 Å². The lowest BCUT2D eigenvalue weighted by Gasteiger charge is -2.31. The molecule has 1 unspecified atom stereocenters. The van der Waals surface area contributed by atoms with E-state index < -0.39 is 0 Å². The number of hydrogen-bond donors (Lipinski definition) is 2. The zero-order valence-corrected chi connectivity index (χ0v) is 15.5. The highest BCUT2D eigenvalue weighted by Gasteiger charge is 2.20. The molecule has 134 valence electrons. The Morgan fingerprint density at radius 2 is 2.16 bits per heavy atom. The number of nitrogens with one attached hydrogen (secondary N) is 1. The normalized spacial score (nSPS) is 18.2. The molecule has 0 saturated carbocycles. The van der Waals surface area contributed by atoms with Crippen LogP contribution in [-0.4, -0.2) is 48.7 Å². The van der Waals surface area contributed by atoms with E-state index in [0.29, 0.717) is 12.5 Å². The molecular formula is C20H26N2O2S. The van der Waals surface area contributed by atoms with Crippen LogP contribution in [0.5, 0.6) is 0 Å². The Labute approximate surface area is 153 Å². The first-order valence-electron chi connectivity index (χ1n) is 8.94. The predicted octanol–water partition coefficient (Wildman–Crippen LogP) is 3.16. The second-order valence-corrected chi connectivity index (χ2v) is 7.78. The minimum absolute atomic E-state index is 0.000999. The number of aliphatic hydroxyl groups excluding tert-OH is 1. The number of rotatable bonds is 6. The van der Waals surface area contributed by atoms with Gasteiger partial charge in [-0.1, -0.05) is 30.3 Å². The molecule has 1 aliphatic heterocycles. The van der Waals surface area contributed by atoms with Crippen molar-refractivity contribution in [3.05, 3.63) is 46.2 Å². The van der Waals surface area contributed by atoms with Gasteiger partial charge in [0.05, 0.1) is 5.56 Å². The van der Waals surface area contributed by atoms with E-state index in [1.54, 1.807) is 11.3 Å². The van der Waals surface area contributed by atoms with Crippen molar-refractivity contribution in [3.63, 3.8) is 0 Å². The van der Waals surface area contributed by atoms with Gasteiger partial charge in [0.25, 0.3) is 5.91 Å². The molecule has 5 heteroatoms. The molecule has 1 saturated heterocycles. The third kappa shape index (κ3) is 4.48. The maximum Gasteiger partial charge on any atom is 0.252 e. The summed E-state index contributed by atoms with van der Waals surface area (Å²) in [4.78, 5) is 16.2. The van der Waals surface area contributed by atoms with Crippen molar-refractivity contribution in [2.24, 2.45) is 5.92 Å². The molecule has 0 radical (unpaired) electrons. The van der Waals surface area contributed by atoms with Crippen molar-refractivity contribution in [2.45, 2.75) is 19.8 Å². The van der Waals surface area contributed by atoms with Gasteiger partial charge in [-0.3, -0.25) is 4.79 Å². The third-order valence-corrected chi connectivity index (χ3v) is 5.77. The Balaban J connectivity index is 1.59. The molecule has 1 aromatic carbocycles. The lowest BCUT2D eigenvalue weighted by atomic mass is 9.99. The van der Waals surface area contributed by atoms with E-state index in [2.05, 4.69) is 29.3 Å². The van der Waals surface area contributed by atoms with Crippen LogP contribution in [0.15, 0.2) is 35.7 Å². The van der Waals surface area contributed by atoms with Crippen LogP contribution >= 0.6 is 11.3 Å². The fourth-order valence-corrected chi connectivity index (χ4v) is 4.38. The molecule has 2 aromatic rings. The quantitative estimate of drug-likeness (QED) is 0.834. The van der Waals surface area contributed by atoms with E-state index in [9.17, 15) is 9.90 Å². The van der Waals surface area contributed by atoms with E-state index >= 15 is 0 Å². The summed E-state index contributed by atoms with van der Waals surface area (Å²) >= 11 is 1.62. The number of thiophene rings is 1. The lowest BCUT2D eigenvalue weighted by Crippen LogP contribution is -2.41. The van der Waals surface area contributed by atoms with Crippen molar-refractivity contribution >= 4 is 17.2 Å². The number of benzene rings is 1. The van der Waals surface area contributed by atoms with E-state index in [-0.39, 0.29) is 12.5 Å². The van der Waals surface area contributed by atoms with Crippen molar-refractivity contribution in [2.75, 3.05) is 32.8 Å². The number of likely N-dealkylation sites (tertiary alicyclic amines) is 1. The minimum Gasteiger partial charge on any atom is -0.396 e. The smallest absolute Gasteiger partial charge is 0.252 e. The molecule has 2 heterocycles. The van der Waals surface area contributed by atoms with Crippen LogP contribution in [-0.2, 0) is 0 Å². The summed E-state index contributed by atoms with van der Waals surface area (Å²) in [7, 11) is 0. The Morgan fingerprint density at radius 3 is 2.92 bits per heavy atom. The Morgan fingerprint density at radius 1 is 1.36 bits per heavy atom. The second kappa shape index (κ2) is 8.61. The first-order chi connectivity index (χ1) is 12.2. The van der Waals surface area contributed by atoms with Gasteiger partial charge in [-0.15, -0.1) is 11.3 Å². The van der Waals surface area contributed by atoms with Crippen molar-refractivity contribution in [1.29, 1.82) is 0 Å². The van der Waals surface area contributed by atoms with Crippen LogP contribution in [0.3, 0.4) is 0 Å². The van der Waals surface area contributed by atoms with Gasteiger partial charge in [-0.25, -0.2) is 0 Å². The number of carbonyl (C=O) groups excluding carboxylic acids is 1. The Hall–Kier alpha value is -1.69. The molecule has 0 spiro atoms. The minimum atomic E-state index is -0.000999. The molecule has 1 atom stereocenters. The zero-order chi connectivity index (χ0) is 17.6. The molecule has 3 rings (SSSR count). The predicted molar refractivity (Wildman–Crippen MR) is 103 cm³/mol. The van der Waals surface area contributed by atoms with Crippen LogP contribution in [0, 0.1) is 12.8 Å². The maximum absolute atomic E-state index is 12.7. The number of piperidine rings is 1. The van der Waals surface area contributed by atoms with Crippen LogP contribution in [0.25, 0.3) is 11.1 Å². The summed E-state index contributed by atoms with van der Waals surface area (Å²) in [6.07, 6.45) is 2.23. The standard InChI is InChI=1S/C20H26N2O2S/c1-15-19(17-7-3-2-4-8-17)18(14-25-15)20(24)21-9-11-22-10-5-6-16(12-22)13-23/h2-4,7-8,14,16,23H,5-6,9-13H2,1H3,(H,21,24). The topological polar surface area (TPSA) is 52.6 Å². The van der Waals surface area contributed by atoms with Crippen molar-refractivity contribution < 1.29 is 9.90 Å². The molecule has 1 amide bonds. The summed E-state index contributed by atoms with van der Waals surface area (Å²) in [6, 6.07) is 10.1. The van der Waals surface area contributed by atoms with Gasteiger partial charge in [0.15, 0.2) is 0 Å². The molecule has 1 aromatic heterocycles.